The third kappa shape index (κ3) is 5.01. The Morgan fingerprint density at radius 2 is 2.04 bits per heavy atom. The van der Waals surface area contributed by atoms with Crippen LogP contribution < -0.4 is 10.0 Å². The summed E-state index contributed by atoms with van der Waals surface area (Å²) in [6, 6.07) is 4.57. The van der Waals surface area contributed by atoms with Crippen molar-refractivity contribution in [2.45, 2.75) is 18.7 Å². The van der Waals surface area contributed by atoms with Gasteiger partial charge in [0.25, 0.3) is 0 Å². The van der Waals surface area contributed by atoms with Crippen molar-refractivity contribution < 1.29 is 17.9 Å². The van der Waals surface area contributed by atoms with Gasteiger partial charge in [0.2, 0.25) is 10.0 Å². The molecule has 1 aliphatic rings. The van der Waals surface area contributed by atoms with Crippen molar-refractivity contribution in [3.8, 4) is 0 Å². The maximum atomic E-state index is 12.5. The molecule has 134 valence electrons. The van der Waals surface area contributed by atoms with E-state index in [0.29, 0.717) is 18.7 Å². The lowest BCUT2D eigenvalue weighted by molar-refractivity contribution is 0.0526. The van der Waals surface area contributed by atoms with Crippen LogP contribution in [-0.4, -0.2) is 65.2 Å². The Bertz CT molecular complexity index is 670. The molecule has 8 heteroatoms. The summed E-state index contributed by atoms with van der Waals surface area (Å²) < 4.78 is 32.6. The Kier molecular flexibility index (Phi) is 6.73. The van der Waals surface area contributed by atoms with Crippen LogP contribution in [0.5, 0.6) is 0 Å². The highest BCUT2D eigenvalue weighted by Crippen LogP contribution is 2.17. The minimum atomic E-state index is -3.66. The van der Waals surface area contributed by atoms with Gasteiger partial charge in [0.1, 0.15) is 0 Å². The van der Waals surface area contributed by atoms with Crippen LogP contribution in [0.15, 0.2) is 23.1 Å². The molecule has 1 heterocycles. The second-order valence-corrected chi connectivity index (χ2v) is 7.43. The van der Waals surface area contributed by atoms with E-state index < -0.39 is 16.0 Å². The number of carbonyl (C=O) groups is 1. The number of esters is 1. The minimum absolute atomic E-state index is 0.119. The van der Waals surface area contributed by atoms with Gasteiger partial charge in [-0.2, -0.15) is 0 Å². The summed E-state index contributed by atoms with van der Waals surface area (Å²) in [7, 11) is -3.66. The van der Waals surface area contributed by atoms with E-state index in [-0.39, 0.29) is 17.1 Å². The molecule has 24 heavy (non-hydrogen) atoms. The first-order valence-electron chi connectivity index (χ1n) is 8.14. The standard InChI is InChI=1S/C16H25N3O4S/c1-3-23-16(20)14-5-4-13(2)15(12-14)24(21,22)18-8-11-19-9-6-17-7-10-19/h4-5,12,17-18H,3,6-11H2,1-2H3. The van der Waals surface area contributed by atoms with Gasteiger partial charge in [-0.3, -0.25) is 4.90 Å². The summed E-state index contributed by atoms with van der Waals surface area (Å²) in [5.41, 5.74) is 0.836. The molecule has 1 aliphatic heterocycles. The first kappa shape index (κ1) is 18.9. The molecule has 0 bridgehead atoms. The van der Waals surface area contributed by atoms with Crippen LogP contribution in [0.3, 0.4) is 0 Å². The van der Waals surface area contributed by atoms with E-state index in [1.807, 2.05) is 0 Å². The Morgan fingerprint density at radius 3 is 2.71 bits per heavy atom. The molecule has 1 fully saturated rings. The molecular weight excluding hydrogens is 330 g/mol. The molecule has 2 N–H and O–H groups in total. The van der Waals surface area contributed by atoms with Crippen LogP contribution in [-0.2, 0) is 14.8 Å². The number of rotatable bonds is 7. The Morgan fingerprint density at radius 1 is 1.33 bits per heavy atom. The summed E-state index contributed by atoms with van der Waals surface area (Å²) >= 11 is 0. The van der Waals surface area contributed by atoms with E-state index in [0.717, 1.165) is 26.2 Å². The predicted molar refractivity (Wildman–Crippen MR) is 91.6 cm³/mol. The number of nitrogens with one attached hydrogen (secondary N) is 2. The zero-order valence-electron chi connectivity index (χ0n) is 14.2. The Balaban J connectivity index is 2.04. The lowest BCUT2D eigenvalue weighted by atomic mass is 10.1. The van der Waals surface area contributed by atoms with Crippen LogP contribution in [0.1, 0.15) is 22.8 Å². The van der Waals surface area contributed by atoms with Gasteiger partial charge < -0.3 is 10.1 Å². The third-order valence-corrected chi connectivity index (χ3v) is 5.52. The fraction of sp³-hybridized carbons (Fsp3) is 0.562. The molecule has 0 radical (unpaired) electrons. The van der Waals surface area contributed by atoms with Crippen molar-refractivity contribution in [3.05, 3.63) is 29.3 Å². The first-order chi connectivity index (χ1) is 11.4. The molecule has 0 amide bonds. The summed E-state index contributed by atoms with van der Waals surface area (Å²) in [6.45, 7) is 8.35. The lowest BCUT2D eigenvalue weighted by Gasteiger charge is -2.27. The van der Waals surface area contributed by atoms with E-state index in [1.54, 1.807) is 26.0 Å². The fourth-order valence-corrected chi connectivity index (χ4v) is 3.87. The SMILES string of the molecule is CCOC(=O)c1ccc(C)c(S(=O)(=O)NCCN2CCNCC2)c1. The summed E-state index contributed by atoms with van der Waals surface area (Å²) in [6.07, 6.45) is 0. The van der Waals surface area contributed by atoms with Gasteiger partial charge in [0, 0.05) is 39.3 Å². The average molecular weight is 355 g/mol. The van der Waals surface area contributed by atoms with Gasteiger partial charge in [-0.25, -0.2) is 17.9 Å². The predicted octanol–water partition coefficient (Wildman–Crippen LogP) is 0.355. The summed E-state index contributed by atoms with van der Waals surface area (Å²) in [4.78, 5) is 14.1. The smallest absolute Gasteiger partial charge is 0.338 e. The maximum Gasteiger partial charge on any atom is 0.338 e. The highest BCUT2D eigenvalue weighted by Gasteiger charge is 2.20. The third-order valence-electron chi connectivity index (χ3n) is 3.92. The van der Waals surface area contributed by atoms with E-state index in [2.05, 4.69) is 14.9 Å². The van der Waals surface area contributed by atoms with Crippen molar-refractivity contribution in [1.29, 1.82) is 0 Å². The largest absolute Gasteiger partial charge is 0.462 e. The highest BCUT2D eigenvalue weighted by molar-refractivity contribution is 7.89. The number of piperazine rings is 1. The molecule has 1 saturated heterocycles. The van der Waals surface area contributed by atoms with Gasteiger partial charge in [0.05, 0.1) is 17.1 Å². The molecule has 7 nitrogen and oxygen atoms in total. The van der Waals surface area contributed by atoms with E-state index in [9.17, 15) is 13.2 Å². The van der Waals surface area contributed by atoms with Crippen molar-refractivity contribution in [1.82, 2.24) is 14.9 Å². The van der Waals surface area contributed by atoms with Crippen LogP contribution in [0, 0.1) is 6.92 Å². The zero-order chi connectivity index (χ0) is 17.6. The van der Waals surface area contributed by atoms with Gasteiger partial charge in [-0.05, 0) is 31.5 Å². The second kappa shape index (κ2) is 8.57. The van der Waals surface area contributed by atoms with E-state index >= 15 is 0 Å². The van der Waals surface area contributed by atoms with Crippen LogP contribution >= 0.6 is 0 Å². The number of hydrogen-bond donors (Lipinski definition) is 2. The number of aryl methyl sites for hydroxylation is 1. The number of ether oxygens (including phenoxy) is 1. The molecule has 0 atom stereocenters. The van der Waals surface area contributed by atoms with Crippen LogP contribution in [0.25, 0.3) is 0 Å². The van der Waals surface area contributed by atoms with Crippen molar-refractivity contribution in [2.24, 2.45) is 0 Å². The molecule has 1 aromatic rings. The molecule has 0 saturated carbocycles. The zero-order valence-corrected chi connectivity index (χ0v) is 15.0. The van der Waals surface area contributed by atoms with Crippen molar-refractivity contribution >= 4 is 16.0 Å². The topological polar surface area (TPSA) is 87.7 Å². The van der Waals surface area contributed by atoms with Crippen molar-refractivity contribution in [3.63, 3.8) is 0 Å². The molecule has 0 spiro atoms. The summed E-state index contributed by atoms with van der Waals surface area (Å²) in [5, 5.41) is 3.26. The molecule has 0 aromatic heterocycles. The number of hydrogen-bond acceptors (Lipinski definition) is 6. The molecule has 0 aliphatic carbocycles. The quantitative estimate of drug-likeness (QED) is 0.687. The Labute approximate surface area is 143 Å². The van der Waals surface area contributed by atoms with Gasteiger partial charge >= 0.3 is 5.97 Å². The first-order valence-corrected chi connectivity index (χ1v) is 9.63. The second-order valence-electron chi connectivity index (χ2n) is 5.69. The molecule has 1 aromatic carbocycles. The van der Waals surface area contributed by atoms with Gasteiger partial charge in [-0.15, -0.1) is 0 Å². The highest BCUT2D eigenvalue weighted by atomic mass is 32.2. The number of carbonyl (C=O) groups excluding carboxylic acids is 1. The van der Waals surface area contributed by atoms with E-state index in [4.69, 9.17) is 4.74 Å². The number of sulfonamides is 1. The number of benzene rings is 1. The van der Waals surface area contributed by atoms with Gasteiger partial charge in [-0.1, -0.05) is 6.07 Å². The Hall–Kier alpha value is -1.48. The molecule has 2 rings (SSSR count). The summed E-state index contributed by atoms with van der Waals surface area (Å²) in [5.74, 6) is -0.519. The minimum Gasteiger partial charge on any atom is -0.462 e. The maximum absolute atomic E-state index is 12.5. The normalized spacial score (nSPS) is 16.1. The molecular formula is C16H25N3O4S. The fourth-order valence-electron chi connectivity index (χ4n) is 2.58. The van der Waals surface area contributed by atoms with Crippen molar-refractivity contribution in [2.75, 3.05) is 45.9 Å². The number of nitrogens with zero attached hydrogens (tertiary/aromatic N) is 1. The van der Waals surface area contributed by atoms with Gasteiger partial charge in [0.15, 0.2) is 0 Å². The van der Waals surface area contributed by atoms with E-state index in [1.165, 1.54) is 6.07 Å². The van der Waals surface area contributed by atoms with Crippen LogP contribution in [0.4, 0.5) is 0 Å². The monoisotopic (exact) mass is 355 g/mol. The van der Waals surface area contributed by atoms with Crippen LogP contribution in [0.2, 0.25) is 0 Å². The molecule has 0 unspecified atom stereocenters. The average Bonchev–Trinajstić information content (AvgIpc) is 2.56. The lowest BCUT2D eigenvalue weighted by Crippen LogP contribution is -2.46.